The minimum atomic E-state index is -1.03. The SMILES string of the molecule is CCOC(=O)ON1CCN(C(=O)[C@H](CCC(=O)OC(C)(C)C)NC(=O)c2cc(N(C)C)nc(-c3ccccc3)n2)CC1. The lowest BCUT2D eigenvalue weighted by atomic mass is 10.1. The highest BCUT2D eigenvalue weighted by Crippen LogP contribution is 2.20. The van der Waals surface area contributed by atoms with Crippen molar-refractivity contribution in [1.82, 2.24) is 25.2 Å². The lowest BCUT2D eigenvalue weighted by Gasteiger charge is -2.35. The molecule has 2 aromatic rings. The van der Waals surface area contributed by atoms with E-state index in [-0.39, 0.29) is 57.2 Å². The number of anilines is 1. The molecule has 2 amide bonds. The Bertz CT molecular complexity index is 1240. The number of nitrogens with one attached hydrogen (secondary N) is 1. The maximum Gasteiger partial charge on any atom is 0.527 e. The molecule has 0 saturated carbocycles. The van der Waals surface area contributed by atoms with Crippen molar-refractivity contribution in [3.63, 3.8) is 0 Å². The number of hydrogen-bond donors (Lipinski definition) is 1. The number of esters is 1. The highest BCUT2D eigenvalue weighted by Gasteiger charge is 2.31. The zero-order valence-corrected chi connectivity index (χ0v) is 25.1. The van der Waals surface area contributed by atoms with Crippen LogP contribution in [0.2, 0.25) is 0 Å². The predicted molar refractivity (Wildman–Crippen MR) is 154 cm³/mol. The summed E-state index contributed by atoms with van der Waals surface area (Å²) >= 11 is 0. The van der Waals surface area contributed by atoms with E-state index in [0.717, 1.165) is 5.56 Å². The van der Waals surface area contributed by atoms with Gasteiger partial charge in [0.15, 0.2) is 5.82 Å². The van der Waals surface area contributed by atoms with Crippen LogP contribution in [0.4, 0.5) is 10.6 Å². The molecule has 13 nitrogen and oxygen atoms in total. The summed E-state index contributed by atoms with van der Waals surface area (Å²) in [5.41, 5.74) is 0.123. The number of nitrogens with zero attached hydrogens (tertiary/aromatic N) is 5. The first kappa shape index (κ1) is 32.3. The maximum atomic E-state index is 13.6. The molecular formula is C29H40N6O7. The van der Waals surface area contributed by atoms with Gasteiger partial charge in [0.05, 0.1) is 19.7 Å². The fourth-order valence-corrected chi connectivity index (χ4v) is 4.11. The van der Waals surface area contributed by atoms with Crippen molar-refractivity contribution < 1.29 is 33.5 Å². The average Bonchev–Trinajstić information content (AvgIpc) is 2.94. The molecule has 1 saturated heterocycles. The molecule has 1 aromatic heterocycles. The Labute approximate surface area is 246 Å². The van der Waals surface area contributed by atoms with Crippen LogP contribution in [-0.4, -0.2) is 102 Å². The number of benzene rings is 1. The quantitative estimate of drug-likeness (QED) is 0.412. The number of piperazine rings is 1. The summed E-state index contributed by atoms with van der Waals surface area (Å²) in [6, 6.07) is 9.77. The molecule has 42 heavy (non-hydrogen) atoms. The molecule has 2 heterocycles. The summed E-state index contributed by atoms with van der Waals surface area (Å²) in [6.07, 6.45) is -0.866. The molecule has 13 heteroatoms. The van der Waals surface area contributed by atoms with Crippen LogP contribution in [0.15, 0.2) is 36.4 Å². The third-order valence-electron chi connectivity index (χ3n) is 6.11. The molecule has 1 aromatic carbocycles. The number of carbonyl (C=O) groups excluding carboxylic acids is 4. The summed E-state index contributed by atoms with van der Waals surface area (Å²) in [7, 11) is 3.61. The Morgan fingerprint density at radius 1 is 1.02 bits per heavy atom. The Morgan fingerprint density at radius 3 is 2.29 bits per heavy atom. The fraction of sp³-hybridized carbons (Fsp3) is 0.517. The molecule has 3 rings (SSSR count). The number of ether oxygens (including phenoxy) is 2. The molecule has 1 N–H and O–H groups in total. The molecule has 1 fully saturated rings. The molecule has 0 bridgehead atoms. The van der Waals surface area contributed by atoms with E-state index in [9.17, 15) is 19.2 Å². The van der Waals surface area contributed by atoms with Gasteiger partial charge in [-0.05, 0) is 34.1 Å². The monoisotopic (exact) mass is 584 g/mol. The van der Waals surface area contributed by atoms with E-state index in [1.54, 1.807) is 57.7 Å². The Kier molecular flexibility index (Phi) is 11.2. The van der Waals surface area contributed by atoms with Crippen LogP contribution in [-0.2, 0) is 23.9 Å². The van der Waals surface area contributed by atoms with Gasteiger partial charge >= 0.3 is 12.1 Å². The van der Waals surface area contributed by atoms with E-state index < -0.39 is 29.7 Å². The van der Waals surface area contributed by atoms with E-state index in [1.807, 2.05) is 30.3 Å². The highest BCUT2D eigenvalue weighted by molar-refractivity contribution is 5.97. The van der Waals surface area contributed by atoms with Gasteiger partial charge in [0.1, 0.15) is 23.2 Å². The van der Waals surface area contributed by atoms with E-state index in [2.05, 4.69) is 15.3 Å². The summed E-state index contributed by atoms with van der Waals surface area (Å²) in [5, 5.41) is 4.21. The summed E-state index contributed by atoms with van der Waals surface area (Å²) in [4.78, 5) is 68.8. The van der Waals surface area contributed by atoms with Crippen LogP contribution in [0.25, 0.3) is 11.4 Å². The van der Waals surface area contributed by atoms with Crippen molar-refractivity contribution in [2.24, 2.45) is 0 Å². The fourth-order valence-electron chi connectivity index (χ4n) is 4.11. The summed E-state index contributed by atoms with van der Waals surface area (Å²) in [6.45, 7) is 8.14. The highest BCUT2D eigenvalue weighted by atomic mass is 16.8. The van der Waals surface area contributed by atoms with Gasteiger partial charge in [0, 0.05) is 45.2 Å². The minimum Gasteiger partial charge on any atom is -0.460 e. The van der Waals surface area contributed by atoms with E-state index in [0.29, 0.717) is 11.6 Å². The molecule has 0 spiro atoms. The molecule has 1 atom stereocenters. The maximum absolute atomic E-state index is 13.6. The smallest absolute Gasteiger partial charge is 0.460 e. The van der Waals surface area contributed by atoms with Crippen molar-refractivity contribution in [3.8, 4) is 11.4 Å². The van der Waals surface area contributed by atoms with Gasteiger partial charge in [0.25, 0.3) is 5.91 Å². The predicted octanol–water partition coefficient (Wildman–Crippen LogP) is 2.66. The van der Waals surface area contributed by atoms with Crippen molar-refractivity contribution in [2.45, 2.75) is 52.2 Å². The Hall–Kier alpha value is -4.26. The number of carbonyl (C=O) groups is 4. The van der Waals surface area contributed by atoms with E-state index >= 15 is 0 Å². The van der Waals surface area contributed by atoms with Gasteiger partial charge in [-0.3, -0.25) is 14.4 Å². The normalized spacial score (nSPS) is 14.5. The van der Waals surface area contributed by atoms with Crippen molar-refractivity contribution in [1.29, 1.82) is 0 Å². The van der Waals surface area contributed by atoms with Crippen LogP contribution >= 0.6 is 0 Å². The zero-order chi connectivity index (χ0) is 30.9. The van der Waals surface area contributed by atoms with Gasteiger partial charge in [-0.1, -0.05) is 30.3 Å². The van der Waals surface area contributed by atoms with Gasteiger partial charge in [-0.15, -0.1) is 5.06 Å². The van der Waals surface area contributed by atoms with Crippen LogP contribution in [0, 0.1) is 0 Å². The zero-order valence-electron chi connectivity index (χ0n) is 25.1. The average molecular weight is 585 g/mol. The largest absolute Gasteiger partial charge is 0.527 e. The minimum absolute atomic E-state index is 0.0240. The number of amides is 2. The summed E-state index contributed by atoms with van der Waals surface area (Å²) in [5.74, 6) is -0.549. The summed E-state index contributed by atoms with van der Waals surface area (Å²) < 4.78 is 10.2. The van der Waals surface area contributed by atoms with Crippen molar-refractivity contribution in [3.05, 3.63) is 42.1 Å². The molecule has 1 aliphatic heterocycles. The first-order chi connectivity index (χ1) is 19.9. The number of aromatic nitrogens is 2. The standard InChI is InChI=1S/C29H40N6O7/c1-7-40-28(39)42-35-17-15-34(16-18-35)27(38)21(13-14-24(36)41-29(2,3)4)31-26(37)22-19-23(33(5)6)32-25(30-22)20-11-9-8-10-12-20/h8-12,19,21H,7,13-18H2,1-6H3,(H,31,37)/t21-/m0/s1. The van der Waals surface area contributed by atoms with Crippen molar-refractivity contribution >= 4 is 29.8 Å². The number of hydrogen-bond acceptors (Lipinski definition) is 11. The first-order valence-corrected chi connectivity index (χ1v) is 13.9. The second-order valence-electron chi connectivity index (χ2n) is 10.9. The van der Waals surface area contributed by atoms with E-state index in [4.69, 9.17) is 14.3 Å². The lowest BCUT2D eigenvalue weighted by Crippen LogP contribution is -2.55. The first-order valence-electron chi connectivity index (χ1n) is 13.9. The molecule has 228 valence electrons. The molecular weight excluding hydrogens is 544 g/mol. The Balaban J connectivity index is 1.79. The van der Waals surface area contributed by atoms with Crippen molar-refractivity contribution in [2.75, 3.05) is 51.8 Å². The number of rotatable bonds is 10. The van der Waals surface area contributed by atoms with Crippen LogP contribution < -0.4 is 10.2 Å². The topological polar surface area (TPSA) is 144 Å². The molecule has 0 aliphatic carbocycles. The van der Waals surface area contributed by atoms with Crippen LogP contribution in [0.3, 0.4) is 0 Å². The van der Waals surface area contributed by atoms with Crippen LogP contribution in [0.1, 0.15) is 51.0 Å². The Morgan fingerprint density at radius 2 is 1.69 bits per heavy atom. The second kappa shape index (κ2) is 14.6. The van der Waals surface area contributed by atoms with Gasteiger partial charge in [-0.25, -0.2) is 14.8 Å². The second-order valence-corrected chi connectivity index (χ2v) is 10.9. The van der Waals surface area contributed by atoms with Crippen LogP contribution in [0.5, 0.6) is 0 Å². The lowest BCUT2D eigenvalue weighted by molar-refractivity contribution is -0.158. The van der Waals surface area contributed by atoms with Gasteiger partial charge < -0.3 is 29.4 Å². The van der Waals surface area contributed by atoms with Gasteiger partial charge in [-0.2, -0.15) is 0 Å². The molecule has 1 aliphatic rings. The third-order valence-corrected chi connectivity index (χ3v) is 6.11. The third kappa shape index (κ3) is 9.68. The molecule has 0 radical (unpaired) electrons. The van der Waals surface area contributed by atoms with E-state index in [1.165, 1.54) is 5.06 Å². The molecule has 0 unspecified atom stereocenters. The number of hydroxylamine groups is 2. The van der Waals surface area contributed by atoms with Gasteiger partial charge in [0.2, 0.25) is 5.91 Å².